The van der Waals surface area contributed by atoms with Crippen LogP contribution < -0.4 is 11.0 Å². The maximum atomic E-state index is 13.3. The van der Waals surface area contributed by atoms with Gasteiger partial charge in [-0.25, -0.2) is 14.5 Å². The summed E-state index contributed by atoms with van der Waals surface area (Å²) in [6, 6.07) is 8.57. The topological polar surface area (TPSA) is 118 Å². The first-order valence-electron chi connectivity index (χ1n) is 11.4. The highest BCUT2D eigenvalue weighted by Gasteiger charge is 2.39. The normalized spacial score (nSPS) is 13.7. The van der Waals surface area contributed by atoms with Crippen LogP contribution in [-0.4, -0.2) is 47.6 Å². The fourth-order valence-electron chi connectivity index (χ4n) is 3.79. The number of nitrogens with one attached hydrogen (secondary N) is 2. The Labute approximate surface area is 226 Å². The van der Waals surface area contributed by atoms with Crippen LogP contribution in [-0.2, 0) is 24.1 Å². The number of carbonyl (C=O) groups excluding carboxylic acids is 1. The molecule has 1 unspecified atom stereocenters. The standard InChI is InChI=1S/C24H19ClF6N6O3/c25-16-6-4-13(5-7-16)21-35-37(22(40)36(21)10-18(38)24(29,30)31)11-19(39)34-20(17-9-32-12-33-17)14-2-1-3-15(8-14)23(26,27)28/h1-9,12,18,20,38H,10-11H2,(H,32,33)(H,34,39)/t18-,20?/m0/s1. The van der Waals surface area contributed by atoms with E-state index >= 15 is 0 Å². The number of halogens is 7. The summed E-state index contributed by atoms with van der Waals surface area (Å²) in [5.41, 5.74) is -1.75. The van der Waals surface area contributed by atoms with Gasteiger partial charge in [0.2, 0.25) is 5.91 Å². The van der Waals surface area contributed by atoms with Crippen LogP contribution in [0.4, 0.5) is 26.3 Å². The molecule has 0 radical (unpaired) electrons. The van der Waals surface area contributed by atoms with Gasteiger partial charge in [0.25, 0.3) is 0 Å². The summed E-state index contributed by atoms with van der Waals surface area (Å²) < 4.78 is 80.2. The predicted molar refractivity (Wildman–Crippen MR) is 129 cm³/mol. The molecular weight excluding hydrogens is 570 g/mol. The zero-order valence-electron chi connectivity index (χ0n) is 20.0. The second-order valence-electron chi connectivity index (χ2n) is 8.56. The molecule has 4 aromatic rings. The Morgan fingerprint density at radius 1 is 1.10 bits per heavy atom. The van der Waals surface area contributed by atoms with Gasteiger partial charge in [-0.1, -0.05) is 23.7 Å². The lowest BCUT2D eigenvalue weighted by atomic mass is 10.0. The Morgan fingerprint density at radius 3 is 2.40 bits per heavy atom. The summed E-state index contributed by atoms with van der Waals surface area (Å²) in [7, 11) is 0. The number of aliphatic hydroxyl groups excluding tert-OH is 1. The Bertz CT molecular complexity index is 1530. The molecule has 2 atom stereocenters. The highest BCUT2D eigenvalue weighted by atomic mass is 35.5. The maximum absolute atomic E-state index is 13.3. The number of rotatable bonds is 8. The molecule has 16 heteroatoms. The van der Waals surface area contributed by atoms with Gasteiger partial charge in [0, 0.05) is 16.8 Å². The largest absolute Gasteiger partial charge is 0.416 e. The van der Waals surface area contributed by atoms with Crippen LogP contribution in [0, 0.1) is 0 Å². The first kappa shape index (κ1) is 28.9. The van der Waals surface area contributed by atoms with Crippen molar-refractivity contribution in [1.29, 1.82) is 0 Å². The number of aliphatic hydroxyl groups is 1. The van der Waals surface area contributed by atoms with Gasteiger partial charge in [-0.3, -0.25) is 9.36 Å². The third kappa shape index (κ3) is 6.54. The van der Waals surface area contributed by atoms with Gasteiger partial charge in [0.05, 0.1) is 30.2 Å². The second-order valence-corrected chi connectivity index (χ2v) is 8.99. The smallest absolute Gasteiger partial charge is 0.382 e. The number of carbonyl (C=O) groups is 1. The van der Waals surface area contributed by atoms with Gasteiger partial charge in [-0.2, -0.15) is 26.3 Å². The molecule has 3 N–H and O–H groups in total. The zero-order chi connectivity index (χ0) is 29.2. The number of amides is 1. The Kier molecular flexibility index (Phi) is 8.07. The number of benzene rings is 2. The van der Waals surface area contributed by atoms with Crippen LogP contribution in [0.25, 0.3) is 11.4 Å². The van der Waals surface area contributed by atoms with E-state index in [2.05, 4.69) is 20.4 Å². The molecule has 0 aliphatic carbocycles. The number of aromatic amines is 1. The van der Waals surface area contributed by atoms with E-state index < -0.39 is 54.7 Å². The van der Waals surface area contributed by atoms with Gasteiger partial charge >= 0.3 is 18.0 Å². The molecule has 9 nitrogen and oxygen atoms in total. The van der Waals surface area contributed by atoms with Gasteiger partial charge in [-0.15, -0.1) is 5.10 Å². The predicted octanol–water partition coefficient (Wildman–Crippen LogP) is 3.94. The van der Waals surface area contributed by atoms with Gasteiger partial charge in [0.1, 0.15) is 6.54 Å². The number of H-pyrrole nitrogens is 1. The van der Waals surface area contributed by atoms with E-state index in [-0.39, 0.29) is 22.6 Å². The van der Waals surface area contributed by atoms with E-state index in [4.69, 9.17) is 11.6 Å². The SMILES string of the molecule is O=C(Cn1nc(-c2ccc(Cl)cc2)n(C[C@H](O)C(F)(F)F)c1=O)NC(c1cccc(C(F)(F)F)c1)c1c[nH]cn1. The highest BCUT2D eigenvalue weighted by Crippen LogP contribution is 2.32. The van der Waals surface area contributed by atoms with Crippen molar-refractivity contribution in [3.8, 4) is 11.4 Å². The lowest BCUT2D eigenvalue weighted by Gasteiger charge is -2.19. The number of aromatic nitrogens is 5. The summed E-state index contributed by atoms with van der Waals surface area (Å²) in [6.07, 6.45) is -10.0. The van der Waals surface area contributed by atoms with E-state index in [0.29, 0.717) is 14.3 Å². The molecule has 0 bridgehead atoms. The maximum Gasteiger partial charge on any atom is 0.416 e. The first-order chi connectivity index (χ1) is 18.7. The minimum absolute atomic E-state index is 0.0308. The van der Waals surface area contributed by atoms with Crippen LogP contribution >= 0.6 is 11.6 Å². The Morgan fingerprint density at radius 2 is 1.80 bits per heavy atom. The first-order valence-corrected chi connectivity index (χ1v) is 11.8. The zero-order valence-corrected chi connectivity index (χ0v) is 20.8. The minimum Gasteiger partial charge on any atom is -0.382 e. The average molecular weight is 589 g/mol. The van der Waals surface area contributed by atoms with E-state index in [0.717, 1.165) is 18.2 Å². The number of hydrogen-bond acceptors (Lipinski definition) is 5. The van der Waals surface area contributed by atoms with Crippen molar-refractivity contribution in [2.75, 3.05) is 0 Å². The molecule has 40 heavy (non-hydrogen) atoms. The van der Waals surface area contributed by atoms with Crippen molar-refractivity contribution in [3.05, 3.63) is 93.4 Å². The van der Waals surface area contributed by atoms with Gasteiger partial charge in [0.15, 0.2) is 11.9 Å². The third-order valence-electron chi connectivity index (χ3n) is 5.72. The molecule has 212 valence electrons. The van der Waals surface area contributed by atoms with Crippen LogP contribution in [0.3, 0.4) is 0 Å². The van der Waals surface area contributed by atoms with Gasteiger partial charge < -0.3 is 15.4 Å². The number of imidazole rings is 1. The molecule has 2 heterocycles. The molecule has 1 amide bonds. The average Bonchev–Trinajstić information content (AvgIpc) is 3.51. The molecule has 0 fully saturated rings. The summed E-state index contributed by atoms with van der Waals surface area (Å²) >= 11 is 5.86. The highest BCUT2D eigenvalue weighted by molar-refractivity contribution is 6.30. The molecule has 2 aromatic carbocycles. The quantitative estimate of drug-likeness (QED) is 0.270. The lowest BCUT2D eigenvalue weighted by Crippen LogP contribution is -2.39. The number of alkyl halides is 6. The van der Waals surface area contributed by atoms with Crippen LogP contribution in [0.2, 0.25) is 5.02 Å². The van der Waals surface area contributed by atoms with Crippen molar-refractivity contribution in [2.45, 2.75) is 37.6 Å². The van der Waals surface area contributed by atoms with Crippen LogP contribution in [0.15, 0.2) is 65.8 Å². The molecular formula is C24H19ClF6N6O3. The molecule has 4 rings (SSSR count). The monoisotopic (exact) mass is 588 g/mol. The summed E-state index contributed by atoms with van der Waals surface area (Å²) in [6.45, 7) is -2.02. The van der Waals surface area contributed by atoms with Crippen molar-refractivity contribution in [3.63, 3.8) is 0 Å². The second kappa shape index (κ2) is 11.2. The molecule has 0 aliphatic heterocycles. The number of nitrogens with zero attached hydrogens (tertiary/aromatic N) is 4. The fraction of sp³-hybridized carbons (Fsp3) is 0.250. The summed E-state index contributed by atoms with van der Waals surface area (Å²) in [5.74, 6) is -1.18. The molecule has 0 saturated carbocycles. The van der Waals surface area contributed by atoms with Crippen molar-refractivity contribution in [2.24, 2.45) is 0 Å². The van der Waals surface area contributed by atoms with E-state index in [1.165, 1.54) is 42.9 Å². The van der Waals surface area contributed by atoms with Crippen LogP contribution in [0.1, 0.15) is 22.9 Å². The fourth-order valence-corrected chi connectivity index (χ4v) is 3.92. The van der Waals surface area contributed by atoms with E-state index in [9.17, 15) is 41.0 Å². The molecule has 0 spiro atoms. The molecule has 2 aromatic heterocycles. The number of hydrogen-bond donors (Lipinski definition) is 3. The summed E-state index contributed by atoms with van der Waals surface area (Å²) in [5, 5.41) is 16.4. The summed E-state index contributed by atoms with van der Waals surface area (Å²) in [4.78, 5) is 32.6. The Hall–Kier alpha value is -4.11. The minimum atomic E-state index is -5.04. The van der Waals surface area contributed by atoms with Crippen LogP contribution in [0.5, 0.6) is 0 Å². The van der Waals surface area contributed by atoms with E-state index in [1.54, 1.807) is 0 Å². The third-order valence-corrected chi connectivity index (χ3v) is 5.97. The molecule has 0 aliphatic rings. The molecule has 0 saturated heterocycles. The van der Waals surface area contributed by atoms with Crippen molar-refractivity contribution < 1.29 is 36.2 Å². The van der Waals surface area contributed by atoms with Crippen molar-refractivity contribution in [1.82, 2.24) is 29.6 Å². The van der Waals surface area contributed by atoms with Gasteiger partial charge in [-0.05, 0) is 42.0 Å². The van der Waals surface area contributed by atoms with Crippen molar-refractivity contribution >= 4 is 17.5 Å². The Balaban J connectivity index is 1.66. The van der Waals surface area contributed by atoms with E-state index in [1.807, 2.05) is 0 Å². The lowest BCUT2D eigenvalue weighted by molar-refractivity contribution is -0.207.